The standard InChI is InChI=1S/C17H15O2P/c1-11-2-5-13(6-3-11)15-9-14-7-4-12(10-20)8-16(14)19-17(15)18/h2-9H,10,20H2,1H3. The Morgan fingerprint density at radius 3 is 2.50 bits per heavy atom. The van der Waals surface area contributed by atoms with Crippen molar-refractivity contribution in [3.05, 3.63) is 70.1 Å². The molecule has 0 radical (unpaired) electrons. The maximum Gasteiger partial charge on any atom is 0.344 e. The molecule has 0 fully saturated rings. The van der Waals surface area contributed by atoms with Gasteiger partial charge in [-0.2, -0.15) is 0 Å². The van der Waals surface area contributed by atoms with Crippen molar-refractivity contribution < 1.29 is 4.42 Å². The predicted octanol–water partition coefficient (Wildman–Crippen LogP) is 4.14. The Balaban J connectivity index is 2.20. The monoisotopic (exact) mass is 282 g/mol. The highest BCUT2D eigenvalue weighted by Gasteiger charge is 2.08. The van der Waals surface area contributed by atoms with Crippen molar-refractivity contribution in [2.24, 2.45) is 0 Å². The summed E-state index contributed by atoms with van der Waals surface area (Å²) < 4.78 is 5.46. The normalized spacial score (nSPS) is 10.9. The Labute approximate surface area is 119 Å². The SMILES string of the molecule is Cc1ccc(-c2cc3ccc(CP)cc3oc2=O)cc1. The van der Waals surface area contributed by atoms with Gasteiger partial charge in [-0.15, -0.1) is 9.24 Å². The molecule has 3 rings (SSSR count). The molecule has 20 heavy (non-hydrogen) atoms. The number of aryl methyl sites for hydroxylation is 1. The third kappa shape index (κ3) is 2.39. The number of hydrogen-bond acceptors (Lipinski definition) is 2. The van der Waals surface area contributed by atoms with Crippen LogP contribution in [0.3, 0.4) is 0 Å². The van der Waals surface area contributed by atoms with Gasteiger partial charge in [-0.1, -0.05) is 42.0 Å². The van der Waals surface area contributed by atoms with Gasteiger partial charge in [-0.05, 0) is 36.3 Å². The molecular weight excluding hydrogens is 267 g/mol. The first-order chi connectivity index (χ1) is 9.67. The lowest BCUT2D eigenvalue weighted by atomic mass is 10.0. The summed E-state index contributed by atoms with van der Waals surface area (Å²) in [6.45, 7) is 2.02. The maximum absolute atomic E-state index is 12.1. The first kappa shape index (κ1) is 13.1. The molecule has 2 nitrogen and oxygen atoms in total. The van der Waals surface area contributed by atoms with E-state index in [0.29, 0.717) is 11.1 Å². The Bertz CT molecular complexity index is 817. The van der Waals surface area contributed by atoms with Gasteiger partial charge in [0.1, 0.15) is 5.58 Å². The molecule has 0 spiro atoms. The molecule has 0 amide bonds. The first-order valence-corrected chi connectivity index (χ1v) is 7.33. The molecule has 0 aliphatic rings. The second-order valence-corrected chi connectivity index (χ2v) is 5.30. The lowest BCUT2D eigenvalue weighted by molar-refractivity contribution is 0.563. The molecule has 0 saturated heterocycles. The van der Waals surface area contributed by atoms with Gasteiger partial charge < -0.3 is 4.42 Å². The Hall–Kier alpha value is -1.92. The fourth-order valence-electron chi connectivity index (χ4n) is 2.22. The number of rotatable bonds is 2. The van der Waals surface area contributed by atoms with E-state index in [9.17, 15) is 4.79 Å². The fraction of sp³-hybridized carbons (Fsp3) is 0.118. The van der Waals surface area contributed by atoms with Gasteiger partial charge in [0.15, 0.2) is 0 Å². The summed E-state index contributed by atoms with van der Waals surface area (Å²) in [5, 5.41) is 0.947. The summed E-state index contributed by atoms with van der Waals surface area (Å²) in [6.07, 6.45) is 0.847. The van der Waals surface area contributed by atoms with Crippen molar-refractivity contribution in [2.75, 3.05) is 0 Å². The van der Waals surface area contributed by atoms with Gasteiger partial charge in [0.25, 0.3) is 0 Å². The Kier molecular flexibility index (Phi) is 3.42. The van der Waals surface area contributed by atoms with E-state index in [0.717, 1.165) is 22.7 Å². The van der Waals surface area contributed by atoms with Crippen LogP contribution in [0.1, 0.15) is 11.1 Å². The van der Waals surface area contributed by atoms with E-state index in [1.54, 1.807) is 0 Å². The van der Waals surface area contributed by atoms with Crippen LogP contribution in [-0.4, -0.2) is 0 Å². The predicted molar refractivity (Wildman–Crippen MR) is 86.1 cm³/mol. The van der Waals surface area contributed by atoms with E-state index in [-0.39, 0.29) is 5.63 Å². The number of hydrogen-bond donors (Lipinski definition) is 0. The summed E-state index contributed by atoms with van der Waals surface area (Å²) >= 11 is 0. The van der Waals surface area contributed by atoms with Crippen LogP contribution in [0.15, 0.2) is 57.7 Å². The Morgan fingerprint density at radius 1 is 1.05 bits per heavy atom. The highest BCUT2D eigenvalue weighted by molar-refractivity contribution is 7.15. The van der Waals surface area contributed by atoms with E-state index in [4.69, 9.17) is 4.42 Å². The van der Waals surface area contributed by atoms with Gasteiger partial charge in [-0.25, -0.2) is 4.79 Å². The third-order valence-electron chi connectivity index (χ3n) is 3.40. The number of fused-ring (bicyclic) bond motifs is 1. The van der Waals surface area contributed by atoms with E-state index in [1.807, 2.05) is 55.5 Å². The van der Waals surface area contributed by atoms with Crippen LogP contribution < -0.4 is 5.63 Å². The van der Waals surface area contributed by atoms with E-state index in [1.165, 1.54) is 5.56 Å². The molecule has 0 aliphatic heterocycles. The molecule has 0 N–H and O–H groups in total. The van der Waals surface area contributed by atoms with Crippen molar-refractivity contribution in [1.82, 2.24) is 0 Å². The Morgan fingerprint density at radius 2 is 1.80 bits per heavy atom. The molecule has 1 heterocycles. The lowest BCUT2D eigenvalue weighted by Crippen LogP contribution is -2.02. The second kappa shape index (κ2) is 5.22. The van der Waals surface area contributed by atoms with Crippen LogP contribution in [0.4, 0.5) is 0 Å². The molecule has 3 heteroatoms. The topological polar surface area (TPSA) is 30.2 Å². The molecule has 0 aliphatic carbocycles. The zero-order valence-electron chi connectivity index (χ0n) is 11.2. The highest BCUT2D eigenvalue weighted by Crippen LogP contribution is 2.22. The molecule has 1 unspecified atom stereocenters. The molecule has 0 saturated carbocycles. The minimum absolute atomic E-state index is 0.290. The van der Waals surface area contributed by atoms with Crippen LogP contribution in [0.5, 0.6) is 0 Å². The molecule has 1 aromatic heterocycles. The molecule has 2 aromatic carbocycles. The summed E-state index contributed by atoms with van der Waals surface area (Å²) in [4.78, 5) is 12.1. The largest absolute Gasteiger partial charge is 0.422 e. The van der Waals surface area contributed by atoms with Crippen molar-refractivity contribution >= 4 is 20.2 Å². The summed E-state index contributed by atoms with van der Waals surface area (Å²) in [7, 11) is 2.67. The molecule has 0 bridgehead atoms. The van der Waals surface area contributed by atoms with Crippen LogP contribution in [0.25, 0.3) is 22.1 Å². The molecule has 100 valence electrons. The van der Waals surface area contributed by atoms with E-state index in [2.05, 4.69) is 9.24 Å². The molecule has 1 atom stereocenters. The zero-order chi connectivity index (χ0) is 14.1. The summed E-state index contributed by atoms with van der Waals surface area (Å²) in [5.41, 5.74) is 4.16. The van der Waals surface area contributed by atoms with Crippen LogP contribution in [0.2, 0.25) is 0 Å². The van der Waals surface area contributed by atoms with Crippen molar-refractivity contribution in [2.45, 2.75) is 13.1 Å². The van der Waals surface area contributed by atoms with Gasteiger partial charge in [-0.3, -0.25) is 0 Å². The minimum atomic E-state index is -0.290. The lowest BCUT2D eigenvalue weighted by Gasteiger charge is -2.04. The van der Waals surface area contributed by atoms with Crippen molar-refractivity contribution in [3.63, 3.8) is 0 Å². The minimum Gasteiger partial charge on any atom is -0.422 e. The average molecular weight is 282 g/mol. The van der Waals surface area contributed by atoms with Gasteiger partial charge in [0, 0.05) is 5.39 Å². The smallest absolute Gasteiger partial charge is 0.344 e. The van der Waals surface area contributed by atoms with Gasteiger partial charge >= 0.3 is 5.63 Å². The maximum atomic E-state index is 12.1. The van der Waals surface area contributed by atoms with Crippen LogP contribution >= 0.6 is 9.24 Å². The van der Waals surface area contributed by atoms with Crippen LogP contribution in [-0.2, 0) is 6.16 Å². The highest BCUT2D eigenvalue weighted by atomic mass is 31.0. The quantitative estimate of drug-likeness (QED) is 0.522. The van der Waals surface area contributed by atoms with Gasteiger partial charge in [0.2, 0.25) is 0 Å². The van der Waals surface area contributed by atoms with Gasteiger partial charge in [0.05, 0.1) is 5.56 Å². The van der Waals surface area contributed by atoms with Crippen LogP contribution in [0, 0.1) is 6.92 Å². The summed E-state index contributed by atoms with van der Waals surface area (Å²) in [6, 6.07) is 15.8. The second-order valence-electron chi connectivity index (χ2n) is 4.89. The average Bonchev–Trinajstić information content (AvgIpc) is 2.47. The van der Waals surface area contributed by atoms with Crippen molar-refractivity contribution in [1.29, 1.82) is 0 Å². The van der Waals surface area contributed by atoms with Crippen molar-refractivity contribution in [3.8, 4) is 11.1 Å². The fourth-order valence-corrected chi connectivity index (χ4v) is 2.47. The van der Waals surface area contributed by atoms with E-state index < -0.39 is 0 Å². The first-order valence-electron chi connectivity index (χ1n) is 6.51. The third-order valence-corrected chi connectivity index (χ3v) is 3.87. The molecule has 3 aromatic rings. The molecular formula is C17H15O2P. The van der Waals surface area contributed by atoms with E-state index >= 15 is 0 Å². The summed E-state index contributed by atoms with van der Waals surface area (Å²) in [5.74, 6) is 0. The zero-order valence-corrected chi connectivity index (χ0v) is 12.4. The number of benzene rings is 2.